The summed E-state index contributed by atoms with van der Waals surface area (Å²) in [4.78, 5) is 2.63. The van der Waals surface area contributed by atoms with Crippen molar-refractivity contribution in [3.05, 3.63) is 18.0 Å². The molecule has 0 bridgehead atoms. The van der Waals surface area contributed by atoms with Gasteiger partial charge in [0.15, 0.2) is 0 Å². The Balaban J connectivity index is 1.66. The summed E-state index contributed by atoms with van der Waals surface area (Å²) < 4.78 is 2.12. The molecule has 2 unspecified atom stereocenters. The van der Waals surface area contributed by atoms with Gasteiger partial charge in [-0.15, -0.1) is 0 Å². The Morgan fingerprint density at radius 2 is 2.19 bits per heavy atom. The molecule has 21 heavy (non-hydrogen) atoms. The maximum atomic E-state index is 4.78. The molecule has 3 rings (SSSR count). The Morgan fingerprint density at radius 1 is 1.43 bits per heavy atom. The van der Waals surface area contributed by atoms with Crippen molar-refractivity contribution >= 4 is 0 Å². The van der Waals surface area contributed by atoms with E-state index in [4.69, 9.17) is 5.10 Å². The van der Waals surface area contributed by atoms with E-state index in [2.05, 4.69) is 47.9 Å². The highest BCUT2D eigenvalue weighted by Gasteiger charge is 2.39. The van der Waals surface area contributed by atoms with Crippen molar-refractivity contribution < 1.29 is 0 Å². The molecule has 2 aliphatic rings. The summed E-state index contributed by atoms with van der Waals surface area (Å²) in [5.41, 5.74) is 1.61. The van der Waals surface area contributed by atoms with Crippen LogP contribution in [0.1, 0.15) is 64.6 Å². The van der Waals surface area contributed by atoms with Crippen LogP contribution in [0.3, 0.4) is 0 Å². The molecule has 2 heterocycles. The summed E-state index contributed by atoms with van der Waals surface area (Å²) in [6.45, 7) is 10.1. The number of rotatable bonds is 4. The number of nitrogens with one attached hydrogen (secondary N) is 1. The molecular formula is C17H30N4. The standard InChI is InChI=1S/C17H30N4/c1-4-14(2)21-10-7-16(19-21)12-20-13-17(8-5-6-9-17)18-11-15(20)3/h7,10,14-15,18H,4-6,8-9,11-13H2,1-3H3. The van der Waals surface area contributed by atoms with Crippen LogP contribution in [0.25, 0.3) is 0 Å². The van der Waals surface area contributed by atoms with E-state index < -0.39 is 0 Å². The van der Waals surface area contributed by atoms with Gasteiger partial charge in [-0.3, -0.25) is 9.58 Å². The largest absolute Gasteiger partial charge is 0.308 e. The van der Waals surface area contributed by atoms with E-state index in [0.29, 0.717) is 17.6 Å². The van der Waals surface area contributed by atoms with Gasteiger partial charge in [-0.1, -0.05) is 19.8 Å². The highest BCUT2D eigenvalue weighted by atomic mass is 15.3. The van der Waals surface area contributed by atoms with Gasteiger partial charge >= 0.3 is 0 Å². The van der Waals surface area contributed by atoms with Gasteiger partial charge in [0.2, 0.25) is 0 Å². The van der Waals surface area contributed by atoms with E-state index in [0.717, 1.165) is 19.5 Å². The van der Waals surface area contributed by atoms with Crippen LogP contribution in [0.5, 0.6) is 0 Å². The predicted molar refractivity (Wildman–Crippen MR) is 86.3 cm³/mol. The first-order valence-corrected chi connectivity index (χ1v) is 8.65. The average molecular weight is 290 g/mol. The lowest BCUT2D eigenvalue weighted by Crippen LogP contribution is -2.62. The molecule has 1 spiro atoms. The highest BCUT2D eigenvalue weighted by Crippen LogP contribution is 2.33. The molecule has 4 nitrogen and oxygen atoms in total. The van der Waals surface area contributed by atoms with Crippen molar-refractivity contribution in [1.82, 2.24) is 20.0 Å². The lowest BCUT2D eigenvalue weighted by molar-refractivity contribution is 0.0813. The molecule has 1 aliphatic carbocycles. The Labute approximate surface area is 128 Å². The first-order chi connectivity index (χ1) is 10.1. The van der Waals surface area contributed by atoms with E-state index in [9.17, 15) is 0 Å². The van der Waals surface area contributed by atoms with Crippen LogP contribution in [0.15, 0.2) is 12.3 Å². The zero-order valence-corrected chi connectivity index (χ0v) is 13.8. The Bertz CT molecular complexity index is 461. The molecule has 4 heteroatoms. The van der Waals surface area contributed by atoms with Crippen LogP contribution in [-0.2, 0) is 6.54 Å². The number of piperazine rings is 1. The van der Waals surface area contributed by atoms with Crippen molar-refractivity contribution in [3.63, 3.8) is 0 Å². The molecule has 2 atom stereocenters. The fraction of sp³-hybridized carbons (Fsp3) is 0.824. The lowest BCUT2D eigenvalue weighted by atomic mass is 9.92. The molecule has 1 saturated carbocycles. The van der Waals surface area contributed by atoms with Crippen LogP contribution in [0.4, 0.5) is 0 Å². The molecule has 1 aliphatic heterocycles. The molecular weight excluding hydrogens is 260 g/mol. The summed E-state index contributed by atoms with van der Waals surface area (Å²) in [6, 6.07) is 3.30. The summed E-state index contributed by atoms with van der Waals surface area (Å²) >= 11 is 0. The predicted octanol–water partition coefficient (Wildman–Crippen LogP) is 2.96. The molecule has 1 N–H and O–H groups in total. The normalized spacial score (nSPS) is 27.3. The average Bonchev–Trinajstić information content (AvgIpc) is 3.12. The molecule has 2 fully saturated rings. The minimum absolute atomic E-state index is 0.395. The van der Waals surface area contributed by atoms with Crippen LogP contribution >= 0.6 is 0 Å². The second-order valence-corrected chi connectivity index (χ2v) is 7.17. The zero-order valence-electron chi connectivity index (χ0n) is 13.8. The van der Waals surface area contributed by atoms with Gasteiger partial charge in [0, 0.05) is 43.5 Å². The molecule has 0 amide bonds. The minimum atomic E-state index is 0.395. The number of aromatic nitrogens is 2. The van der Waals surface area contributed by atoms with Crippen molar-refractivity contribution in [2.24, 2.45) is 0 Å². The Hall–Kier alpha value is -0.870. The van der Waals surface area contributed by atoms with Gasteiger partial charge in [0.05, 0.1) is 5.69 Å². The van der Waals surface area contributed by atoms with E-state index in [1.54, 1.807) is 0 Å². The summed E-state index contributed by atoms with van der Waals surface area (Å²) in [7, 11) is 0. The van der Waals surface area contributed by atoms with Crippen molar-refractivity contribution in [3.8, 4) is 0 Å². The van der Waals surface area contributed by atoms with E-state index in [1.807, 2.05) is 0 Å². The summed E-state index contributed by atoms with van der Waals surface area (Å²) in [6.07, 6.45) is 8.74. The molecule has 1 aromatic rings. The number of hydrogen-bond acceptors (Lipinski definition) is 3. The van der Waals surface area contributed by atoms with Crippen molar-refractivity contribution in [2.75, 3.05) is 13.1 Å². The third-order valence-electron chi connectivity index (χ3n) is 5.53. The maximum Gasteiger partial charge on any atom is 0.0765 e. The third kappa shape index (κ3) is 3.16. The molecule has 1 saturated heterocycles. The summed E-state index contributed by atoms with van der Waals surface area (Å²) in [5, 5.41) is 8.60. The Kier molecular flexibility index (Phi) is 4.36. The minimum Gasteiger partial charge on any atom is -0.308 e. The quantitative estimate of drug-likeness (QED) is 0.925. The highest BCUT2D eigenvalue weighted by molar-refractivity contribution is 5.04. The lowest BCUT2D eigenvalue weighted by Gasteiger charge is -2.45. The van der Waals surface area contributed by atoms with E-state index in [-0.39, 0.29) is 0 Å². The topological polar surface area (TPSA) is 33.1 Å². The van der Waals surface area contributed by atoms with Crippen LogP contribution < -0.4 is 5.32 Å². The first kappa shape index (κ1) is 15.0. The van der Waals surface area contributed by atoms with Crippen LogP contribution in [0.2, 0.25) is 0 Å². The number of nitrogens with zero attached hydrogens (tertiary/aromatic N) is 3. The zero-order chi connectivity index (χ0) is 14.9. The van der Waals surface area contributed by atoms with Crippen molar-refractivity contribution in [2.45, 2.75) is 77.0 Å². The van der Waals surface area contributed by atoms with Gasteiger partial charge in [-0.05, 0) is 39.2 Å². The van der Waals surface area contributed by atoms with Crippen molar-refractivity contribution in [1.29, 1.82) is 0 Å². The monoisotopic (exact) mass is 290 g/mol. The third-order valence-corrected chi connectivity index (χ3v) is 5.53. The molecule has 0 aromatic carbocycles. The second kappa shape index (κ2) is 6.09. The Morgan fingerprint density at radius 3 is 2.90 bits per heavy atom. The van der Waals surface area contributed by atoms with Gasteiger partial charge in [0.25, 0.3) is 0 Å². The SMILES string of the molecule is CCC(C)n1ccc(CN2CC3(CCCC3)NCC2C)n1. The van der Waals surface area contributed by atoms with Crippen LogP contribution in [-0.4, -0.2) is 39.4 Å². The summed E-state index contributed by atoms with van der Waals surface area (Å²) in [5.74, 6) is 0. The fourth-order valence-corrected chi connectivity index (χ4v) is 3.79. The maximum absolute atomic E-state index is 4.78. The fourth-order valence-electron chi connectivity index (χ4n) is 3.79. The van der Waals surface area contributed by atoms with Gasteiger partial charge in [-0.25, -0.2) is 0 Å². The van der Waals surface area contributed by atoms with Gasteiger partial charge in [0.1, 0.15) is 0 Å². The molecule has 118 valence electrons. The van der Waals surface area contributed by atoms with E-state index >= 15 is 0 Å². The molecule has 1 aromatic heterocycles. The van der Waals surface area contributed by atoms with Crippen LogP contribution in [0, 0.1) is 0 Å². The van der Waals surface area contributed by atoms with Gasteiger partial charge in [-0.2, -0.15) is 5.10 Å². The smallest absolute Gasteiger partial charge is 0.0765 e. The second-order valence-electron chi connectivity index (χ2n) is 7.17. The van der Waals surface area contributed by atoms with E-state index in [1.165, 1.54) is 37.9 Å². The molecule has 0 radical (unpaired) electrons. The number of hydrogen-bond donors (Lipinski definition) is 1. The first-order valence-electron chi connectivity index (χ1n) is 8.65. The van der Waals surface area contributed by atoms with Gasteiger partial charge < -0.3 is 5.32 Å².